The largest absolute Gasteiger partial charge is 0.304 e. The van der Waals surface area contributed by atoms with E-state index in [2.05, 4.69) is 20.5 Å². The monoisotopic (exact) mass is 436 g/mol. The molecule has 160 valence electrons. The minimum Gasteiger partial charge on any atom is -0.304 e. The highest BCUT2D eigenvalue weighted by Gasteiger charge is 2.22. The third kappa shape index (κ3) is 4.37. The number of benzene rings is 1. The molecule has 0 bridgehead atoms. The summed E-state index contributed by atoms with van der Waals surface area (Å²) in [4.78, 5) is 16.0. The Kier molecular flexibility index (Phi) is 5.36. The molecule has 0 spiro atoms. The predicted octanol–water partition coefficient (Wildman–Crippen LogP) is 4.24. The van der Waals surface area contributed by atoms with Gasteiger partial charge in [-0.1, -0.05) is 12.1 Å². The molecule has 0 aliphatic rings. The van der Waals surface area contributed by atoms with E-state index in [1.807, 2.05) is 0 Å². The van der Waals surface area contributed by atoms with Crippen molar-refractivity contribution in [2.45, 2.75) is 19.4 Å². The lowest BCUT2D eigenvalue weighted by Gasteiger charge is -2.06. The molecule has 4 rings (SSSR count). The van der Waals surface area contributed by atoms with Crippen molar-refractivity contribution >= 4 is 17.4 Å². The summed E-state index contributed by atoms with van der Waals surface area (Å²) in [5.74, 6) is -1.05. The summed E-state index contributed by atoms with van der Waals surface area (Å²) in [7, 11) is 0. The van der Waals surface area contributed by atoms with Crippen LogP contribution in [-0.4, -0.2) is 30.3 Å². The predicted molar refractivity (Wildman–Crippen MR) is 98.6 cm³/mol. The third-order valence-corrected chi connectivity index (χ3v) is 4.27. The highest BCUT2D eigenvalue weighted by molar-refractivity contribution is 6.02. The van der Waals surface area contributed by atoms with Gasteiger partial charge in [0.15, 0.2) is 17.2 Å². The molecule has 3 heterocycles. The summed E-state index contributed by atoms with van der Waals surface area (Å²) in [5.41, 5.74) is -1.61. The first kappa shape index (κ1) is 20.4. The summed E-state index contributed by atoms with van der Waals surface area (Å²) >= 11 is 0. The molecular formula is C19H13F5N6O. The number of nitrogens with zero attached hydrogens (tertiary/aromatic N) is 5. The number of carbonyl (C=O) groups excluding carboxylic acids is 1. The topological polar surface area (TPSA) is 77.1 Å². The molecule has 0 saturated heterocycles. The van der Waals surface area contributed by atoms with Gasteiger partial charge in [-0.15, -0.1) is 0 Å². The summed E-state index contributed by atoms with van der Waals surface area (Å²) in [5, 5.41) is 10.3. The van der Waals surface area contributed by atoms with Crippen LogP contribution >= 0.6 is 0 Å². The zero-order valence-electron chi connectivity index (χ0n) is 15.5. The number of rotatable bonds is 6. The van der Waals surface area contributed by atoms with Crippen molar-refractivity contribution in [3.63, 3.8) is 0 Å². The van der Waals surface area contributed by atoms with Crippen LogP contribution in [0.2, 0.25) is 0 Å². The zero-order valence-corrected chi connectivity index (χ0v) is 15.5. The van der Waals surface area contributed by atoms with E-state index in [9.17, 15) is 26.7 Å². The number of amides is 1. The summed E-state index contributed by atoms with van der Waals surface area (Å²) in [6.45, 7) is 0.250. The standard InChI is InChI=1S/C19H13F5N6O/c20-11-3-1-2-10(6-11)9-29-5-4-15(28-29)26-19(31)13-8-16-25-12(17(21)22)7-14(18(23)24)30(16)27-13/h1-8,17-18H,9H2,(H,26,28,31). The van der Waals surface area contributed by atoms with E-state index in [1.54, 1.807) is 18.3 Å². The van der Waals surface area contributed by atoms with Crippen LogP contribution in [0.1, 0.15) is 40.3 Å². The van der Waals surface area contributed by atoms with Crippen LogP contribution in [0.25, 0.3) is 5.65 Å². The number of carbonyl (C=O) groups is 1. The molecule has 1 amide bonds. The molecule has 31 heavy (non-hydrogen) atoms. The first-order valence-electron chi connectivity index (χ1n) is 8.86. The van der Waals surface area contributed by atoms with Gasteiger partial charge in [0.05, 0.1) is 6.54 Å². The molecule has 0 atom stereocenters. The van der Waals surface area contributed by atoms with E-state index in [-0.39, 0.29) is 23.7 Å². The zero-order chi connectivity index (χ0) is 22.1. The molecule has 4 aromatic rings. The van der Waals surface area contributed by atoms with Gasteiger partial charge in [-0.25, -0.2) is 31.5 Å². The number of fused-ring (bicyclic) bond motifs is 1. The number of nitrogens with one attached hydrogen (secondary N) is 1. The Labute approximate surface area is 171 Å². The Balaban J connectivity index is 1.55. The number of hydrogen-bond donors (Lipinski definition) is 1. The third-order valence-electron chi connectivity index (χ3n) is 4.27. The summed E-state index contributed by atoms with van der Waals surface area (Å²) in [6, 6.07) is 8.97. The average Bonchev–Trinajstić information content (AvgIpc) is 3.33. The van der Waals surface area contributed by atoms with Gasteiger partial charge in [0, 0.05) is 18.3 Å². The average molecular weight is 436 g/mol. The normalized spacial score (nSPS) is 11.6. The Hall–Kier alpha value is -3.83. The van der Waals surface area contributed by atoms with Gasteiger partial charge in [-0.05, 0) is 23.8 Å². The lowest BCUT2D eigenvalue weighted by Crippen LogP contribution is -2.14. The molecule has 1 aromatic carbocycles. The first-order chi connectivity index (χ1) is 14.8. The number of halogens is 5. The molecule has 0 fully saturated rings. The van der Waals surface area contributed by atoms with E-state index in [0.29, 0.717) is 16.1 Å². The van der Waals surface area contributed by atoms with Crippen molar-refractivity contribution in [2.24, 2.45) is 0 Å². The lowest BCUT2D eigenvalue weighted by molar-refractivity contribution is 0.102. The minimum absolute atomic E-state index is 0.133. The quantitative estimate of drug-likeness (QED) is 0.459. The molecule has 0 radical (unpaired) electrons. The maximum Gasteiger partial charge on any atom is 0.280 e. The van der Waals surface area contributed by atoms with Crippen molar-refractivity contribution < 1.29 is 26.7 Å². The van der Waals surface area contributed by atoms with Crippen LogP contribution in [0, 0.1) is 5.82 Å². The SMILES string of the molecule is O=C(Nc1ccn(Cc2cccc(F)c2)n1)c1cc2nc(C(F)F)cc(C(F)F)n2n1. The minimum atomic E-state index is -3.10. The maximum absolute atomic E-state index is 13.3. The maximum atomic E-state index is 13.3. The van der Waals surface area contributed by atoms with E-state index >= 15 is 0 Å². The number of hydrogen-bond acceptors (Lipinski definition) is 4. The van der Waals surface area contributed by atoms with Gasteiger partial charge in [0.1, 0.15) is 17.2 Å². The van der Waals surface area contributed by atoms with Crippen LogP contribution in [0.5, 0.6) is 0 Å². The molecular weight excluding hydrogens is 423 g/mol. The highest BCUT2D eigenvalue weighted by Crippen LogP contribution is 2.25. The molecule has 0 saturated carbocycles. The molecule has 1 N–H and O–H groups in total. The van der Waals surface area contributed by atoms with Crippen molar-refractivity contribution in [2.75, 3.05) is 5.32 Å². The van der Waals surface area contributed by atoms with Gasteiger partial charge in [0.2, 0.25) is 0 Å². The van der Waals surface area contributed by atoms with Gasteiger partial charge in [0.25, 0.3) is 18.8 Å². The summed E-state index contributed by atoms with van der Waals surface area (Å²) < 4.78 is 67.7. The molecule has 0 aliphatic carbocycles. The molecule has 12 heteroatoms. The van der Waals surface area contributed by atoms with Gasteiger partial charge in [-0.2, -0.15) is 10.2 Å². The summed E-state index contributed by atoms with van der Waals surface area (Å²) in [6.07, 6.45) is -4.61. The Morgan fingerprint density at radius 3 is 2.55 bits per heavy atom. The van der Waals surface area contributed by atoms with Crippen molar-refractivity contribution in [3.8, 4) is 0 Å². The fourth-order valence-corrected chi connectivity index (χ4v) is 2.92. The van der Waals surface area contributed by atoms with Gasteiger partial charge >= 0.3 is 0 Å². The van der Waals surface area contributed by atoms with Crippen molar-refractivity contribution in [1.82, 2.24) is 24.4 Å². The second kappa shape index (κ2) is 8.13. The van der Waals surface area contributed by atoms with Crippen molar-refractivity contribution in [3.05, 3.63) is 77.1 Å². The Bertz CT molecular complexity index is 1250. The molecule has 3 aromatic heterocycles. The fraction of sp³-hybridized carbons (Fsp3) is 0.158. The van der Waals surface area contributed by atoms with Crippen LogP contribution in [0.15, 0.2) is 48.7 Å². The molecule has 0 aliphatic heterocycles. The second-order valence-corrected chi connectivity index (χ2v) is 6.49. The van der Waals surface area contributed by atoms with Gasteiger partial charge in [-0.3, -0.25) is 9.48 Å². The highest BCUT2D eigenvalue weighted by atomic mass is 19.3. The molecule has 7 nitrogen and oxygen atoms in total. The lowest BCUT2D eigenvalue weighted by atomic mass is 10.2. The smallest absolute Gasteiger partial charge is 0.280 e. The van der Waals surface area contributed by atoms with E-state index in [4.69, 9.17) is 0 Å². The van der Waals surface area contributed by atoms with Crippen LogP contribution in [-0.2, 0) is 6.54 Å². The van der Waals surface area contributed by atoms with E-state index in [1.165, 1.54) is 22.9 Å². The Morgan fingerprint density at radius 1 is 1.03 bits per heavy atom. The Morgan fingerprint density at radius 2 is 1.84 bits per heavy atom. The van der Waals surface area contributed by atoms with Crippen LogP contribution in [0.4, 0.5) is 27.8 Å². The van der Waals surface area contributed by atoms with E-state index < -0.39 is 36.0 Å². The van der Waals surface area contributed by atoms with E-state index in [0.717, 1.165) is 6.07 Å². The second-order valence-electron chi connectivity index (χ2n) is 6.49. The fourth-order valence-electron chi connectivity index (χ4n) is 2.92. The molecule has 0 unspecified atom stereocenters. The number of anilines is 1. The van der Waals surface area contributed by atoms with Crippen LogP contribution in [0.3, 0.4) is 0 Å². The van der Waals surface area contributed by atoms with Gasteiger partial charge < -0.3 is 5.32 Å². The number of alkyl halides is 4. The van der Waals surface area contributed by atoms with Crippen molar-refractivity contribution in [1.29, 1.82) is 0 Å². The van der Waals surface area contributed by atoms with Crippen LogP contribution < -0.4 is 5.32 Å². The number of aromatic nitrogens is 5. The first-order valence-corrected chi connectivity index (χ1v) is 8.86.